The van der Waals surface area contributed by atoms with E-state index in [4.69, 9.17) is 5.73 Å². The van der Waals surface area contributed by atoms with Gasteiger partial charge in [0.1, 0.15) is 6.04 Å². The summed E-state index contributed by atoms with van der Waals surface area (Å²) in [5.74, 6) is 0.369. The predicted molar refractivity (Wildman–Crippen MR) is 73.5 cm³/mol. The molecule has 0 saturated heterocycles. The molecule has 2 rings (SSSR count). The van der Waals surface area contributed by atoms with Crippen molar-refractivity contribution in [3.63, 3.8) is 0 Å². The van der Waals surface area contributed by atoms with Crippen LogP contribution in [0.3, 0.4) is 0 Å². The van der Waals surface area contributed by atoms with Crippen molar-refractivity contribution in [3.8, 4) is 0 Å². The number of aromatic nitrogens is 1. The molecule has 3 N–H and O–H groups in total. The minimum Gasteiger partial charge on any atom is -0.368 e. The first-order chi connectivity index (χ1) is 8.38. The number of hydrogen-bond acceptors (Lipinski definition) is 4. The Kier molecular flexibility index (Phi) is 3.73. The van der Waals surface area contributed by atoms with E-state index in [-0.39, 0.29) is 11.3 Å². The third-order valence-electron chi connectivity index (χ3n) is 3.05. The number of carbonyl (C=O) groups is 1. The van der Waals surface area contributed by atoms with Crippen LogP contribution in [0, 0.1) is 5.92 Å². The number of nitrogens with two attached hydrogens (primary N) is 1. The number of primary amides is 1. The molecule has 18 heavy (non-hydrogen) atoms. The number of rotatable bonds is 5. The maximum absolute atomic E-state index is 11.5. The van der Waals surface area contributed by atoms with Gasteiger partial charge in [0, 0.05) is 10.8 Å². The number of carbonyl (C=O) groups excluding carboxylic acids is 1. The Morgan fingerprint density at radius 2 is 2.28 bits per heavy atom. The van der Waals surface area contributed by atoms with Gasteiger partial charge in [-0.15, -0.1) is 11.3 Å². The molecule has 1 unspecified atom stereocenters. The lowest BCUT2D eigenvalue weighted by molar-refractivity contribution is -0.120. The molecular formula is C13H21N3OS. The number of hydrogen-bond donors (Lipinski definition) is 2. The van der Waals surface area contributed by atoms with Crippen LogP contribution >= 0.6 is 11.3 Å². The van der Waals surface area contributed by atoms with E-state index < -0.39 is 6.04 Å². The van der Waals surface area contributed by atoms with Gasteiger partial charge in [-0.1, -0.05) is 20.8 Å². The fourth-order valence-electron chi connectivity index (χ4n) is 1.72. The first-order valence-corrected chi connectivity index (χ1v) is 7.24. The molecule has 0 bridgehead atoms. The lowest BCUT2D eigenvalue weighted by Crippen LogP contribution is -2.35. The third kappa shape index (κ3) is 3.29. The summed E-state index contributed by atoms with van der Waals surface area (Å²) in [5.41, 5.74) is 6.23. The molecule has 1 aliphatic rings. The van der Waals surface area contributed by atoms with Crippen molar-refractivity contribution in [3.05, 3.63) is 16.1 Å². The SMILES string of the molecule is CC(C)(C)c1nc(C(NCC2CC2)C(N)=O)cs1. The summed E-state index contributed by atoms with van der Waals surface area (Å²) >= 11 is 1.59. The molecule has 1 fully saturated rings. The molecule has 0 aromatic carbocycles. The van der Waals surface area contributed by atoms with Crippen molar-refractivity contribution in [2.75, 3.05) is 6.54 Å². The Labute approximate surface area is 112 Å². The minimum absolute atomic E-state index is 0.0155. The largest absolute Gasteiger partial charge is 0.368 e. The molecular weight excluding hydrogens is 246 g/mol. The number of nitrogens with one attached hydrogen (secondary N) is 1. The molecule has 4 nitrogen and oxygen atoms in total. The summed E-state index contributed by atoms with van der Waals surface area (Å²) in [6.07, 6.45) is 2.51. The summed E-state index contributed by atoms with van der Waals surface area (Å²) < 4.78 is 0. The van der Waals surface area contributed by atoms with Gasteiger partial charge >= 0.3 is 0 Å². The van der Waals surface area contributed by atoms with Gasteiger partial charge < -0.3 is 11.1 Å². The van der Waals surface area contributed by atoms with Crippen LogP contribution in [-0.4, -0.2) is 17.4 Å². The lowest BCUT2D eigenvalue weighted by atomic mass is 9.98. The van der Waals surface area contributed by atoms with Crippen LogP contribution in [0.2, 0.25) is 0 Å². The molecule has 0 radical (unpaired) electrons. The summed E-state index contributed by atoms with van der Waals surface area (Å²) in [6.45, 7) is 7.21. The predicted octanol–water partition coefficient (Wildman–Crippen LogP) is 1.97. The van der Waals surface area contributed by atoms with E-state index in [0.717, 1.165) is 17.2 Å². The highest BCUT2D eigenvalue weighted by molar-refractivity contribution is 7.09. The fourth-order valence-corrected chi connectivity index (χ4v) is 2.65. The van der Waals surface area contributed by atoms with Gasteiger partial charge in [-0.2, -0.15) is 0 Å². The molecule has 1 heterocycles. The average Bonchev–Trinajstić information content (AvgIpc) is 2.92. The van der Waals surface area contributed by atoms with Gasteiger partial charge in [0.15, 0.2) is 0 Å². The van der Waals surface area contributed by atoms with Crippen LogP contribution in [0.4, 0.5) is 0 Å². The summed E-state index contributed by atoms with van der Waals surface area (Å²) in [7, 11) is 0. The van der Waals surface area contributed by atoms with Gasteiger partial charge in [-0.05, 0) is 25.3 Å². The Hall–Kier alpha value is -0.940. The van der Waals surface area contributed by atoms with Crippen LogP contribution < -0.4 is 11.1 Å². The molecule has 1 amide bonds. The molecule has 0 spiro atoms. The van der Waals surface area contributed by atoms with Crippen molar-refractivity contribution in [1.29, 1.82) is 0 Å². The zero-order valence-corrected chi connectivity index (χ0v) is 12.0. The summed E-state index contributed by atoms with van der Waals surface area (Å²) in [4.78, 5) is 16.1. The Bertz CT molecular complexity index is 432. The van der Waals surface area contributed by atoms with Crippen LogP contribution in [0.1, 0.15) is 50.4 Å². The maximum atomic E-state index is 11.5. The zero-order chi connectivity index (χ0) is 13.3. The molecule has 1 atom stereocenters. The smallest absolute Gasteiger partial charge is 0.240 e. The van der Waals surface area contributed by atoms with Crippen LogP contribution in [0.5, 0.6) is 0 Å². The summed E-state index contributed by atoms with van der Waals surface area (Å²) in [5, 5.41) is 6.21. The van der Waals surface area contributed by atoms with E-state index in [1.807, 2.05) is 5.38 Å². The lowest BCUT2D eigenvalue weighted by Gasteiger charge is -2.15. The van der Waals surface area contributed by atoms with Crippen molar-refractivity contribution >= 4 is 17.2 Å². The molecule has 0 aliphatic heterocycles. The Balaban J connectivity index is 2.09. The topological polar surface area (TPSA) is 68.0 Å². The maximum Gasteiger partial charge on any atom is 0.240 e. The van der Waals surface area contributed by atoms with E-state index in [1.165, 1.54) is 12.8 Å². The first-order valence-electron chi connectivity index (χ1n) is 6.36. The molecule has 5 heteroatoms. The van der Waals surface area contributed by atoms with Gasteiger partial charge in [0.25, 0.3) is 0 Å². The second-order valence-corrected chi connectivity index (χ2v) is 6.87. The first kappa shape index (κ1) is 13.5. The quantitative estimate of drug-likeness (QED) is 0.857. The highest BCUT2D eigenvalue weighted by atomic mass is 32.1. The van der Waals surface area contributed by atoms with Crippen LogP contribution in [-0.2, 0) is 10.2 Å². The van der Waals surface area contributed by atoms with Crippen molar-refractivity contribution in [1.82, 2.24) is 10.3 Å². The fraction of sp³-hybridized carbons (Fsp3) is 0.692. The van der Waals surface area contributed by atoms with Crippen molar-refractivity contribution in [2.45, 2.75) is 45.1 Å². The van der Waals surface area contributed by atoms with Crippen LogP contribution in [0.15, 0.2) is 5.38 Å². The molecule has 1 aromatic rings. The number of thiazole rings is 1. The van der Waals surface area contributed by atoms with Crippen molar-refractivity contribution in [2.24, 2.45) is 11.7 Å². The normalized spacial score (nSPS) is 17.7. The van der Waals surface area contributed by atoms with E-state index in [0.29, 0.717) is 5.92 Å². The second kappa shape index (κ2) is 4.97. The number of nitrogens with zero attached hydrogens (tertiary/aromatic N) is 1. The third-order valence-corrected chi connectivity index (χ3v) is 4.34. The highest BCUT2D eigenvalue weighted by Gasteiger charge is 2.27. The van der Waals surface area contributed by atoms with Gasteiger partial charge in [0.05, 0.1) is 10.7 Å². The highest BCUT2D eigenvalue weighted by Crippen LogP contribution is 2.30. The van der Waals surface area contributed by atoms with Gasteiger partial charge in [0.2, 0.25) is 5.91 Å². The molecule has 1 saturated carbocycles. The van der Waals surface area contributed by atoms with Crippen molar-refractivity contribution < 1.29 is 4.79 Å². The Morgan fingerprint density at radius 3 is 2.72 bits per heavy atom. The Morgan fingerprint density at radius 1 is 1.61 bits per heavy atom. The summed E-state index contributed by atoms with van der Waals surface area (Å²) in [6, 6.07) is -0.446. The van der Waals surface area contributed by atoms with Crippen LogP contribution in [0.25, 0.3) is 0 Å². The van der Waals surface area contributed by atoms with E-state index >= 15 is 0 Å². The average molecular weight is 267 g/mol. The minimum atomic E-state index is -0.446. The van der Waals surface area contributed by atoms with Gasteiger partial charge in [-0.25, -0.2) is 4.98 Å². The molecule has 1 aromatic heterocycles. The monoisotopic (exact) mass is 267 g/mol. The van der Waals surface area contributed by atoms with E-state index in [2.05, 4.69) is 31.1 Å². The van der Waals surface area contributed by atoms with Gasteiger partial charge in [-0.3, -0.25) is 4.79 Å². The number of amides is 1. The van der Waals surface area contributed by atoms with E-state index in [1.54, 1.807) is 11.3 Å². The molecule has 1 aliphatic carbocycles. The molecule has 100 valence electrons. The second-order valence-electron chi connectivity index (χ2n) is 6.01. The zero-order valence-electron chi connectivity index (χ0n) is 11.2. The van der Waals surface area contributed by atoms with E-state index in [9.17, 15) is 4.79 Å². The standard InChI is InChI=1S/C13H21N3OS/c1-13(2,3)12-16-9(7-18-12)10(11(14)17)15-6-8-4-5-8/h7-8,10,15H,4-6H2,1-3H3,(H2,14,17).